The molecule has 11 nitrogen and oxygen atoms in total. The Hall–Kier alpha value is -4.72. The van der Waals surface area contributed by atoms with Crippen LogP contribution >= 0.6 is 0 Å². The molecule has 6 aromatic rings. The van der Waals surface area contributed by atoms with Gasteiger partial charge in [0, 0.05) is 36.6 Å². The van der Waals surface area contributed by atoms with Gasteiger partial charge in [0.1, 0.15) is 29.4 Å². The summed E-state index contributed by atoms with van der Waals surface area (Å²) in [6.45, 7) is 5.85. The first-order valence-electron chi connectivity index (χ1n) is 15.1. The van der Waals surface area contributed by atoms with Crippen LogP contribution in [0.4, 0.5) is 4.39 Å². The maximum absolute atomic E-state index is 14.6. The third-order valence-corrected chi connectivity index (χ3v) is 8.74. The average Bonchev–Trinajstić information content (AvgIpc) is 3.78. The summed E-state index contributed by atoms with van der Waals surface area (Å²) in [6.07, 6.45) is 6.99. The largest absolute Gasteiger partial charge is 0.492 e. The van der Waals surface area contributed by atoms with Crippen molar-refractivity contribution < 1.29 is 17.5 Å². The van der Waals surface area contributed by atoms with Crippen molar-refractivity contribution in [2.45, 2.75) is 26.3 Å². The van der Waals surface area contributed by atoms with Crippen molar-refractivity contribution in [3.05, 3.63) is 77.9 Å². The summed E-state index contributed by atoms with van der Waals surface area (Å²) in [4.78, 5) is 19.7. The van der Waals surface area contributed by atoms with Gasteiger partial charge >= 0.3 is 0 Å². The van der Waals surface area contributed by atoms with Crippen LogP contribution in [0.25, 0.3) is 56.0 Å². The van der Waals surface area contributed by atoms with Crippen LogP contribution in [0, 0.1) is 12.7 Å². The van der Waals surface area contributed by atoms with Crippen molar-refractivity contribution in [3.63, 3.8) is 0 Å². The fourth-order valence-electron chi connectivity index (χ4n) is 5.90. The monoisotopic (exact) mass is 640 g/mol. The molecular formula is C33H33FN8O3S. The van der Waals surface area contributed by atoms with Crippen LogP contribution in [0.15, 0.2) is 60.9 Å². The van der Waals surface area contributed by atoms with Gasteiger partial charge in [-0.05, 0) is 92.0 Å². The number of pyridine rings is 2. The second-order valence-corrected chi connectivity index (χ2v) is 13.5. The lowest BCUT2D eigenvalue weighted by Gasteiger charge is -2.15. The van der Waals surface area contributed by atoms with E-state index in [0.717, 1.165) is 53.7 Å². The van der Waals surface area contributed by atoms with E-state index in [1.807, 2.05) is 18.2 Å². The molecule has 0 aliphatic carbocycles. The highest BCUT2D eigenvalue weighted by atomic mass is 32.2. The number of halogens is 1. The lowest BCUT2D eigenvalue weighted by molar-refractivity contribution is 0.238. The van der Waals surface area contributed by atoms with E-state index in [0.29, 0.717) is 51.6 Å². The predicted octanol–water partition coefficient (Wildman–Crippen LogP) is 5.20. The Kier molecular flexibility index (Phi) is 7.97. The number of imidazole rings is 1. The molecule has 7 rings (SSSR count). The Labute approximate surface area is 265 Å². The SMILES string of the molecule is Cc1cc(OCCN2CCCC2)cc(-c2cnc3n[nH]c(-c4nc5c(-c6cc(F)cc(CNS(C)(=O)=O)c6)nccc5[nH]4)c3c2)c1. The van der Waals surface area contributed by atoms with E-state index in [1.165, 1.54) is 25.0 Å². The van der Waals surface area contributed by atoms with Gasteiger partial charge in [0.25, 0.3) is 0 Å². The van der Waals surface area contributed by atoms with Crippen LogP contribution in [0.3, 0.4) is 0 Å². The highest BCUT2D eigenvalue weighted by Crippen LogP contribution is 2.33. The number of aromatic amines is 2. The van der Waals surface area contributed by atoms with Gasteiger partial charge in [-0.15, -0.1) is 0 Å². The number of aromatic nitrogens is 6. The van der Waals surface area contributed by atoms with Gasteiger partial charge in [-0.25, -0.2) is 27.5 Å². The minimum absolute atomic E-state index is 0.0476. The molecule has 0 spiro atoms. The number of ether oxygens (including phenoxy) is 1. The Balaban J connectivity index is 1.20. The smallest absolute Gasteiger partial charge is 0.209 e. The molecule has 1 aliphatic heterocycles. The number of hydrogen-bond acceptors (Lipinski definition) is 8. The maximum Gasteiger partial charge on any atom is 0.209 e. The van der Waals surface area contributed by atoms with Gasteiger partial charge in [0.15, 0.2) is 11.5 Å². The van der Waals surface area contributed by atoms with E-state index in [2.05, 4.69) is 47.8 Å². The summed E-state index contributed by atoms with van der Waals surface area (Å²) in [5.41, 5.74) is 6.81. The molecule has 1 fully saturated rings. The summed E-state index contributed by atoms with van der Waals surface area (Å²) >= 11 is 0. The molecule has 1 saturated heterocycles. The minimum atomic E-state index is -3.45. The van der Waals surface area contributed by atoms with Crippen molar-refractivity contribution in [1.82, 2.24) is 39.8 Å². The van der Waals surface area contributed by atoms with E-state index in [-0.39, 0.29) is 6.54 Å². The summed E-state index contributed by atoms with van der Waals surface area (Å²) in [5, 5.41) is 8.27. The number of aryl methyl sites for hydroxylation is 1. The van der Waals surface area contributed by atoms with Crippen molar-refractivity contribution >= 4 is 32.1 Å². The molecule has 0 radical (unpaired) electrons. The summed E-state index contributed by atoms with van der Waals surface area (Å²) in [6, 6.07) is 14.4. The number of H-pyrrole nitrogens is 2. The molecule has 0 saturated carbocycles. The van der Waals surface area contributed by atoms with E-state index >= 15 is 0 Å². The van der Waals surface area contributed by atoms with Crippen LogP contribution in [-0.2, 0) is 16.6 Å². The maximum atomic E-state index is 14.6. The van der Waals surface area contributed by atoms with Crippen LogP contribution in [0.1, 0.15) is 24.0 Å². The zero-order valence-electron chi connectivity index (χ0n) is 25.5. The van der Waals surface area contributed by atoms with Gasteiger partial charge < -0.3 is 9.72 Å². The number of likely N-dealkylation sites (tertiary alicyclic amines) is 1. The summed E-state index contributed by atoms with van der Waals surface area (Å²) in [5.74, 6) is 0.842. The third kappa shape index (κ3) is 6.48. The number of hydrogen-bond donors (Lipinski definition) is 3. The zero-order chi connectivity index (χ0) is 31.8. The Bertz CT molecular complexity index is 2170. The standard InChI is InChI=1S/C33H33FN8O3S/c1-20-11-22(16-26(12-20)45-10-9-42-7-3-4-8-42)24-17-27-30(40-41-32(27)36-19-24)33-38-28-5-6-35-29(31(28)39-33)23-13-21(14-25(34)15-23)18-37-46(2,43)44/h5-6,11-17,19,37H,3-4,7-10,18H2,1-2H3,(H,38,39)(H,36,40,41). The highest BCUT2D eigenvalue weighted by molar-refractivity contribution is 7.88. The lowest BCUT2D eigenvalue weighted by Crippen LogP contribution is -2.25. The first-order valence-corrected chi connectivity index (χ1v) is 17.0. The van der Waals surface area contributed by atoms with Crippen LogP contribution < -0.4 is 9.46 Å². The molecule has 0 atom stereocenters. The van der Waals surface area contributed by atoms with E-state index in [4.69, 9.17) is 9.72 Å². The molecule has 0 unspecified atom stereocenters. The molecule has 4 aromatic heterocycles. The second-order valence-electron chi connectivity index (χ2n) is 11.7. The molecule has 5 heterocycles. The normalized spacial score (nSPS) is 14.1. The predicted molar refractivity (Wildman–Crippen MR) is 175 cm³/mol. The lowest BCUT2D eigenvalue weighted by atomic mass is 10.0. The molecular weight excluding hydrogens is 607 g/mol. The Morgan fingerprint density at radius 2 is 1.87 bits per heavy atom. The molecule has 2 aromatic carbocycles. The number of benzene rings is 2. The first-order chi connectivity index (χ1) is 22.2. The summed E-state index contributed by atoms with van der Waals surface area (Å²) < 4.78 is 46.3. The molecule has 0 amide bonds. The zero-order valence-corrected chi connectivity index (χ0v) is 26.3. The molecule has 1 aliphatic rings. The van der Waals surface area contributed by atoms with Gasteiger partial charge in [0.2, 0.25) is 10.0 Å². The highest BCUT2D eigenvalue weighted by Gasteiger charge is 2.18. The number of nitrogens with zero attached hydrogens (tertiary/aromatic N) is 5. The van der Waals surface area contributed by atoms with E-state index < -0.39 is 15.8 Å². The first kappa shape index (κ1) is 30.0. The molecule has 46 heavy (non-hydrogen) atoms. The molecule has 3 N–H and O–H groups in total. The molecule has 13 heteroatoms. The number of nitrogens with one attached hydrogen (secondary N) is 3. The van der Waals surface area contributed by atoms with E-state index in [9.17, 15) is 12.8 Å². The van der Waals surface area contributed by atoms with Crippen LogP contribution in [0.2, 0.25) is 0 Å². The molecule has 236 valence electrons. The number of fused-ring (bicyclic) bond motifs is 2. The Morgan fingerprint density at radius 1 is 1.02 bits per heavy atom. The summed E-state index contributed by atoms with van der Waals surface area (Å²) in [7, 11) is -3.45. The quantitative estimate of drug-likeness (QED) is 0.186. The average molecular weight is 641 g/mol. The number of sulfonamides is 1. The van der Waals surface area contributed by atoms with Crippen LogP contribution in [-0.4, -0.2) is 75.9 Å². The fraction of sp³-hybridized carbons (Fsp3) is 0.273. The van der Waals surface area contributed by atoms with Crippen molar-refractivity contribution in [2.75, 3.05) is 32.5 Å². The van der Waals surface area contributed by atoms with Crippen LogP contribution in [0.5, 0.6) is 5.75 Å². The van der Waals surface area contributed by atoms with Gasteiger partial charge in [-0.1, -0.05) is 6.07 Å². The topological polar surface area (TPSA) is 142 Å². The molecule has 0 bridgehead atoms. The van der Waals surface area contributed by atoms with Gasteiger partial charge in [-0.3, -0.25) is 15.0 Å². The fourth-order valence-corrected chi connectivity index (χ4v) is 6.33. The van der Waals surface area contributed by atoms with Crippen molar-refractivity contribution in [2.24, 2.45) is 0 Å². The van der Waals surface area contributed by atoms with E-state index in [1.54, 1.807) is 24.5 Å². The second kappa shape index (κ2) is 12.2. The van der Waals surface area contributed by atoms with Crippen molar-refractivity contribution in [1.29, 1.82) is 0 Å². The van der Waals surface area contributed by atoms with Crippen molar-refractivity contribution in [3.8, 4) is 39.7 Å². The number of rotatable bonds is 10. The Morgan fingerprint density at radius 3 is 2.70 bits per heavy atom. The third-order valence-electron chi connectivity index (χ3n) is 8.08. The van der Waals surface area contributed by atoms with Gasteiger partial charge in [0.05, 0.1) is 22.9 Å². The minimum Gasteiger partial charge on any atom is -0.492 e. The van der Waals surface area contributed by atoms with Gasteiger partial charge in [-0.2, -0.15) is 5.10 Å².